The number of aryl methyl sites for hydroxylation is 1. The average Bonchev–Trinajstić information content (AvgIpc) is 2.33. The van der Waals surface area contributed by atoms with E-state index in [9.17, 15) is 0 Å². The van der Waals surface area contributed by atoms with Gasteiger partial charge in [0.2, 0.25) is 0 Å². The lowest BCUT2D eigenvalue weighted by Gasteiger charge is -2.10. The van der Waals surface area contributed by atoms with Crippen molar-refractivity contribution in [2.45, 2.75) is 13.5 Å². The molecule has 0 aliphatic heterocycles. The van der Waals surface area contributed by atoms with Crippen molar-refractivity contribution in [1.82, 2.24) is 0 Å². The molecule has 18 heavy (non-hydrogen) atoms. The van der Waals surface area contributed by atoms with Crippen molar-refractivity contribution in [3.8, 4) is 11.5 Å². The average molecular weight is 327 g/mol. The second-order valence-corrected chi connectivity index (χ2v) is 5.25. The SMILES string of the molecule is Cc1ccc(Oc2ccc(CN)c(Br)c2)c(Cl)c1. The molecule has 0 spiro atoms. The van der Waals surface area contributed by atoms with Crippen LogP contribution in [0.4, 0.5) is 0 Å². The molecule has 2 rings (SSSR count). The van der Waals surface area contributed by atoms with Gasteiger partial charge < -0.3 is 10.5 Å². The topological polar surface area (TPSA) is 35.2 Å². The molecule has 0 saturated carbocycles. The molecule has 0 aliphatic carbocycles. The fraction of sp³-hybridized carbons (Fsp3) is 0.143. The maximum absolute atomic E-state index is 6.12. The third kappa shape index (κ3) is 3.05. The smallest absolute Gasteiger partial charge is 0.146 e. The van der Waals surface area contributed by atoms with Gasteiger partial charge >= 0.3 is 0 Å². The van der Waals surface area contributed by atoms with E-state index < -0.39 is 0 Å². The Hall–Kier alpha value is -1.03. The maximum atomic E-state index is 6.12. The van der Waals surface area contributed by atoms with E-state index in [0.717, 1.165) is 21.3 Å². The van der Waals surface area contributed by atoms with Crippen LogP contribution in [0.2, 0.25) is 5.02 Å². The molecule has 0 heterocycles. The van der Waals surface area contributed by atoms with E-state index in [0.29, 0.717) is 17.3 Å². The van der Waals surface area contributed by atoms with Crippen LogP contribution in [-0.2, 0) is 6.54 Å². The minimum Gasteiger partial charge on any atom is -0.456 e. The number of nitrogens with two attached hydrogens (primary N) is 1. The van der Waals surface area contributed by atoms with Crippen molar-refractivity contribution in [1.29, 1.82) is 0 Å². The Bertz CT molecular complexity index is 572. The van der Waals surface area contributed by atoms with Gasteiger partial charge in [-0.1, -0.05) is 39.7 Å². The summed E-state index contributed by atoms with van der Waals surface area (Å²) in [6, 6.07) is 11.4. The largest absolute Gasteiger partial charge is 0.456 e. The second kappa shape index (κ2) is 5.74. The highest BCUT2D eigenvalue weighted by molar-refractivity contribution is 9.10. The number of hydrogen-bond donors (Lipinski definition) is 1. The number of halogens is 2. The molecule has 0 bridgehead atoms. The molecule has 0 unspecified atom stereocenters. The van der Waals surface area contributed by atoms with Gasteiger partial charge in [0.05, 0.1) is 5.02 Å². The first kappa shape index (κ1) is 13.4. The Morgan fingerprint density at radius 3 is 2.61 bits per heavy atom. The lowest BCUT2D eigenvalue weighted by Crippen LogP contribution is -1.97. The van der Waals surface area contributed by atoms with Gasteiger partial charge in [-0.25, -0.2) is 0 Å². The first-order chi connectivity index (χ1) is 8.60. The standard InChI is InChI=1S/C14H13BrClNO/c1-9-2-5-14(13(16)6-9)18-11-4-3-10(8-17)12(15)7-11/h2-7H,8,17H2,1H3. The summed E-state index contributed by atoms with van der Waals surface area (Å²) in [4.78, 5) is 0. The molecule has 0 saturated heterocycles. The van der Waals surface area contributed by atoms with E-state index >= 15 is 0 Å². The molecule has 2 N–H and O–H groups in total. The summed E-state index contributed by atoms with van der Waals surface area (Å²) in [5, 5.41) is 0.606. The van der Waals surface area contributed by atoms with Gasteiger partial charge in [0, 0.05) is 11.0 Å². The molecule has 0 aliphatic rings. The number of hydrogen-bond acceptors (Lipinski definition) is 2. The van der Waals surface area contributed by atoms with Gasteiger partial charge in [0.1, 0.15) is 11.5 Å². The van der Waals surface area contributed by atoms with Crippen molar-refractivity contribution in [2.75, 3.05) is 0 Å². The lowest BCUT2D eigenvalue weighted by molar-refractivity contribution is 0.482. The van der Waals surface area contributed by atoms with Gasteiger partial charge in [-0.05, 0) is 42.3 Å². The molecule has 0 amide bonds. The van der Waals surface area contributed by atoms with Gasteiger partial charge in [-0.2, -0.15) is 0 Å². The number of benzene rings is 2. The van der Waals surface area contributed by atoms with Crippen LogP contribution in [0, 0.1) is 6.92 Å². The van der Waals surface area contributed by atoms with Gasteiger partial charge in [-0.15, -0.1) is 0 Å². The van der Waals surface area contributed by atoms with Crippen LogP contribution in [0.25, 0.3) is 0 Å². The quantitative estimate of drug-likeness (QED) is 0.890. The van der Waals surface area contributed by atoms with Crippen molar-refractivity contribution >= 4 is 27.5 Å². The van der Waals surface area contributed by atoms with Gasteiger partial charge in [0.15, 0.2) is 0 Å². The van der Waals surface area contributed by atoms with Crippen molar-refractivity contribution in [2.24, 2.45) is 5.73 Å². The predicted molar refractivity (Wildman–Crippen MR) is 78.3 cm³/mol. The summed E-state index contributed by atoms with van der Waals surface area (Å²) < 4.78 is 6.68. The molecule has 0 fully saturated rings. The van der Waals surface area contributed by atoms with E-state index in [-0.39, 0.29) is 0 Å². The Kier molecular flexibility index (Phi) is 4.27. The molecule has 0 atom stereocenters. The van der Waals surface area contributed by atoms with Crippen molar-refractivity contribution in [3.05, 3.63) is 57.0 Å². The summed E-state index contributed by atoms with van der Waals surface area (Å²) in [7, 11) is 0. The molecule has 0 radical (unpaired) electrons. The molecule has 2 aromatic rings. The van der Waals surface area contributed by atoms with Crippen LogP contribution < -0.4 is 10.5 Å². The Labute approximate surface area is 120 Å². The Balaban J connectivity index is 2.26. The summed E-state index contributed by atoms with van der Waals surface area (Å²) in [5.74, 6) is 1.37. The highest BCUT2D eigenvalue weighted by Crippen LogP contribution is 2.32. The summed E-state index contributed by atoms with van der Waals surface area (Å²) in [6.45, 7) is 2.48. The fourth-order valence-electron chi connectivity index (χ4n) is 1.57. The zero-order chi connectivity index (χ0) is 13.1. The minimum atomic E-state index is 0.492. The zero-order valence-corrected chi connectivity index (χ0v) is 12.3. The van der Waals surface area contributed by atoms with E-state index in [1.165, 1.54) is 0 Å². The van der Waals surface area contributed by atoms with E-state index in [1.807, 2.05) is 43.3 Å². The first-order valence-corrected chi connectivity index (χ1v) is 6.70. The maximum Gasteiger partial charge on any atom is 0.146 e. The van der Waals surface area contributed by atoms with Crippen LogP contribution in [-0.4, -0.2) is 0 Å². The van der Waals surface area contributed by atoms with E-state index in [1.54, 1.807) is 0 Å². The third-order valence-corrected chi connectivity index (χ3v) is 3.59. The fourth-order valence-corrected chi connectivity index (χ4v) is 2.37. The molecular weight excluding hydrogens is 314 g/mol. The summed E-state index contributed by atoms with van der Waals surface area (Å²) >= 11 is 9.58. The van der Waals surface area contributed by atoms with E-state index in [2.05, 4.69) is 15.9 Å². The summed E-state index contributed by atoms with van der Waals surface area (Å²) in [6.07, 6.45) is 0. The second-order valence-electron chi connectivity index (χ2n) is 3.99. The molecule has 4 heteroatoms. The van der Waals surface area contributed by atoms with Crippen LogP contribution in [0.15, 0.2) is 40.9 Å². The number of rotatable bonds is 3. The van der Waals surface area contributed by atoms with E-state index in [4.69, 9.17) is 22.1 Å². The van der Waals surface area contributed by atoms with Crippen LogP contribution in [0.5, 0.6) is 11.5 Å². The van der Waals surface area contributed by atoms with Crippen LogP contribution in [0.3, 0.4) is 0 Å². The highest BCUT2D eigenvalue weighted by atomic mass is 79.9. The molecular formula is C14H13BrClNO. The highest BCUT2D eigenvalue weighted by Gasteiger charge is 2.05. The third-order valence-electron chi connectivity index (χ3n) is 2.56. The summed E-state index contributed by atoms with van der Waals surface area (Å²) in [5.41, 5.74) is 7.75. The first-order valence-electron chi connectivity index (χ1n) is 5.52. The molecule has 94 valence electrons. The van der Waals surface area contributed by atoms with Crippen LogP contribution in [0.1, 0.15) is 11.1 Å². The van der Waals surface area contributed by atoms with Crippen molar-refractivity contribution in [3.63, 3.8) is 0 Å². The Morgan fingerprint density at radius 1 is 1.22 bits per heavy atom. The molecule has 0 aromatic heterocycles. The van der Waals surface area contributed by atoms with Gasteiger partial charge in [0.25, 0.3) is 0 Å². The predicted octanol–water partition coefficient (Wildman–Crippen LogP) is 4.66. The Morgan fingerprint density at radius 2 is 2.00 bits per heavy atom. The van der Waals surface area contributed by atoms with Gasteiger partial charge in [-0.3, -0.25) is 0 Å². The zero-order valence-electron chi connectivity index (χ0n) is 9.91. The minimum absolute atomic E-state index is 0.492. The monoisotopic (exact) mass is 325 g/mol. The van der Waals surface area contributed by atoms with Crippen LogP contribution >= 0.6 is 27.5 Å². The number of ether oxygens (including phenoxy) is 1. The molecule has 2 aromatic carbocycles. The molecule has 2 nitrogen and oxygen atoms in total. The lowest BCUT2D eigenvalue weighted by atomic mass is 10.2. The normalized spacial score (nSPS) is 10.4. The van der Waals surface area contributed by atoms with Crippen molar-refractivity contribution < 1.29 is 4.74 Å².